The van der Waals surface area contributed by atoms with Crippen LogP contribution in [0.3, 0.4) is 0 Å². The van der Waals surface area contributed by atoms with Crippen LogP contribution in [0.2, 0.25) is 5.15 Å². The maximum atomic E-state index is 13.7. The summed E-state index contributed by atoms with van der Waals surface area (Å²) in [7, 11) is 1.51. The van der Waals surface area contributed by atoms with E-state index < -0.39 is 36.4 Å². The first kappa shape index (κ1) is 29.4. The van der Waals surface area contributed by atoms with Crippen molar-refractivity contribution < 1.29 is 24.5 Å². The molecule has 1 amide bonds. The van der Waals surface area contributed by atoms with E-state index in [9.17, 15) is 15.0 Å². The number of hydrogen-bond donors (Lipinski definition) is 2. The number of halogens is 2. The summed E-state index contributed by atoms with van der Waals surface area (Å²) in [4.78, 5) is 20.7. The zero-order valence-corrected chi connectivity index (χ0v) is 25.3. The van der Waals surface area contributed by atoms with E-state index in [1.807, 2.05) is 24.8 Å². The van der Waals surface area contributed by atoms with Crippen LogP contribution in [0.1, 0.15) is 43.2 Å². The lowest BCUT2D eigenvalue weighted by Gasteiger charge is -2.43. The van der Waals surface area contributed by atoms with Crippen LogP contribution in [0.25, 0.3) is 5.82 Å². The van der Waals surface area contributed by atoms with Gasteiger partial charge in [-0.15, -0.1) is 5.10 Å². The average Bonchev–Trinajstić information content (AvgIpc) is 3.43. The molecule has 1 aliphatic heterocycles. The molecule has 0 aromatic carbocycles. The standard InChI is InChI=1S/C25H31BrClN7O5S/c1-13(2)32(10-14-4-5-14)24(37)20-17(8-15(26)9-28-20)40-25-23(38-3)21(22(36)16(12-35)39-25)34-11-19(29-31-34)33-7-6-18(27)30-33/h6-9,11,13-14,16,21-23,25,35-36H,4-5,10,12H2,1-3H3/t16?,21-,22-,23?,25+/m0/s1. The average molecular weight is 657 g/mol. The highest BCUT2D eigenvalue weighted by Gasteiger charge is 2.48. The van der Waals surface area contributed by atoms with Crippen molar-refractivity contribution in [2.45, 2.75) is 67.4 Å². The lowest BCUT2D eigenvalue weighted by molar-refractivity contribution is -0.186. The van der Waals surface area contributed by atoms with Crippen molar-refractivity contribution in [2.75, 3.05) is 20.3 Å². The number of aliphatic hydroxyl groups is 2. The minimum Gasteiger partial charge on any atom is -0.394 e. The Kier molecular flexibility index (Phi) is 9.14. The van der Waals surface area contributed by atoms with E-state index in [-0.39, 0.29) is 11.9 Å². The first-order valence-electron chi connectivity index (χ1n) is 12.9. The third kappa shape index (κ3) is 6.22. The topological polar surface area (TPSA) is 141 Å². The second-order valence-electron chi connectivity index (χ2n) is 10.2. The van der Waals surface area contributed by atoms with Gasteiger partial charge in [-0.2, -0.15) is 5.10 Å². The molecule has 2 unspecified atom stereocenters. The third-order valence-corrected chi connectivity index (χ3v) is 8.80. The molecule has 0 spiro atoms. The van der Waals surface area contributed by atoms with Crippen molar-refractivity contribution in [3.63, 3.8) is 0 Å². The van der Waals surface area contributed by atoms with Gasteiger partial charge >= 0.3 is 0 Å². The molecule has 4 heterocycles. The quantitative estimate of drug-likeness (QED) is 0.335. The number of thioether (sulfide) groups is 1. The Bertz CT molecular complexity index is 1340. The van der Waals surface area contributed by atoms with E-state index in [0.29, 0.717) is 38.5 Å². The Morgan fingerprint density at radius 3 is 2.80 bits per heavy atom. The van der Waals surface area contributed by atoms with Gasteiger partial charge in [0.05, 0.1) is 12.8 Å². The first-order valence-corrected chi connectivity index (χ1v) is 15.0. The molecule has 5 atom stereocenters. The number of aliphatic hydroxyl groups excluding tert-OH is 2. The van der Waals surface area contributed by atoms with E-state index >= 15 is 0 Å². The maximum Gasteiger partial charge on any atom is 0.273 e. The Hall–Kier alpha value is -2.07. The zero-order chi connectivity index (χ0) is 28.6. The lowest BCUT2D eigenvalue weighted by atomic mass is 9.97. The van der Waals surface area contributed by atoms with Crippen molar-refractivity contribution in [3.8, 4) is 5.82 Å². The molecule has 1 saturated carbocycles. The van der Waals surface area contributed by atoms with Crippen LogP contribution in [0.4, 0.5) is 0 Å². The summed E-state index contributed by atoms with van der Waals surface area (Å²) in [5.74, 6) is 0.754. The number of carbonyl (C=O) groups is 1. The fraction of sp³-hybridized carbons (Fsp3) is 0.560. The number of ether oxygens (including phenoxy) is 2. The summed E-state index contributed by atoms with van der Waals surface area (Å²) < 4.78 is 15.6. The molecule has 40 heavy (non-hydrogen) atoms. The summed E-state index contributed by atoms with van der Waals surface area (Å²) >= 11 is 10.7. The number of nitrogens with zero attached hydrogens (tertiary/aromatic N) is 7. The molecule has 15 heteroatoms. The number of pyridine rings is 1. The van der Waals surface area contributed by atoms with Crippen LogP contribution in [-0.2, 0) is 9.47 Å². The molecular weight excluding hydrogens is 626 g/mol. The van der Waals surface area contributed by atoms with Gasteiger partial charge in [0.2, 0.25) is 0 Å². The molecule has 5 rings (SSSR count). The second-order valence-corrected chi connectivity index (χ2v) is 12.6. The molecule has 12 nitrogen and oxygen atoms in total. The number of carbonyl (C=O) groups excluding carboxylic acids is 1. The largest absolute Gasteiger partial charge is 0.394 e. The number of methoxy groups -OCH3 is 1. The lowest BCUT2D eigenvalue weighted by Crippen LogP contribution is -2.55. The van der Waals surface area contributed by atoms with E-state index in [4.69, 9.17) is 21.1 Å². The number of hydrogen-bond acceptors (Lipinski definition) is 10. The van der Waals surface area contributed by atoms with Gasteiger partial charge < -0.3 is 24.6 Å². The van der Waals surface area contributed by atoms with Gasteiger partial charge in [-0.25, -0.2) is 14.3 Å². The molecule has 3 aromatic rings. The Balaban J connectivity index is 1.46. The van der Waals surface area contributed by atoms with Crippen LogP contribution in [0.15, 0.2) is 40.1 Å². The minimum atomic E-state index is -1.17. The summed E-state index contributed by atoms with van der Waals surface area (Å²) in [5, 5.41) is 34.1. The molecule has 0 bridgehead atoms. The summed E-state index contributed by atoms with van der Waals surface area (Å²) in [6.07, 6.45) is 4.25. The summed E-state index contributed by atoms with van der Waals surface area (Å²) in [6, 6.07) is 2.67. The van der Waals surface area contributed by atoms with Crippen LogP contribution >= 0.6 is 39.3 Å². The second kappa shape index (κ2) is 12.4. The third-order valence-electron chi connectivity index (χ3n) is 6.99. The van der Waals surface area contributed by atoms with Gasteiger partial charge in [-0.05, 0) is 60.7 Å². The number of rotatable bonds is 10. The molecule has 1 aliphatic carbocycles. The van der Waals surface area contributed by atoms with E-state index in [1.165, 1.54) is 28.2 Å². The van der Waals surface area contributed by atoms with Crippen molar-refractivity contribution in [3.05, 3.63) is 46.0 Å². The van der Waals surface area contributed by atoms with Crippen molar-refractivity contribution >= 4 is 45.2 Å². The SMILES string of the molecule is COC1[C@@H](Sc2cc(Br)cnc2C(=O)N(CC2CC2)C(C)C)OC(CO)[C@H](O)[C@@H]1n1cc(-n2ccc(Cl)n2)nn1. The molecule has 0 radical (unpaired) electrons. The van der Waals surface area contributed by atoms with Crippen LogP contribution < -0.4 is 0 Å². The van der Waals surface area contributed by atoms with Crippen molar-refractivity contribution in [2.24, 2.45) is 5.92 Å². The normalized spacial score (nSPS) is 24.9. The monoisotopic (exact) mass is 655 g/mol. The highest BCUT2D eigenvalue weighted by atomic mass is 79.9. The van der Waals surface area contributed by atoms with Crippen LogP contribution in [0.5, 0.6) is 0 Å². The van der Waals surface area contributed by atoms with E-state index in [0.717, 1.165) is 12.8 Å². The van der Waals surface area contributed by atoms with Gasteiger partial charge in [-0.1, -0.05) is 28.6 Å². The van der Waals surface area contributed by atoms with Crippen LogP contribution in [0, 0.1) is 5.92 Å². The molecule has 216 valence electrons. The summed E-state index contributed by atoms with van der Waals surface area (Å²) in [6.45, 7) is 4.25. The van der Waals surface area contributed by atoms with Crippen molar-refractivity contribution in [1.29, 1.82) is 0 Å². The molecule has 3 aromatic heterocycles. The smallest absolute Gasteiger partial charge is 0.273 e. The molecule has 1 saturated heterocycles. The van der Waals surface area contributed by atoms with Gasteiger partial charge in [0, 0.05) is 41.5 Å². The predicted molar refractivity (Wildman–Crippen MR) is 150 cm³/mol. The van der Waals surface area contributed by atoms with E-state index in [1.54, 1.807) is 24.7 Å². The highest BCUT2D eigenvalue weighted by Crippen LogP contribution is 2.41. The van der Waals surface area contributed by atoms with Gasteiger partial charge in [0.1, 0.15) is 35.5 Å². The van der Waals surface area contributed by atoms with E-state index in [2.05, 4.69) is 36.3 Å². The maximum absolute atomic E-state index is 13.7. The Morgan fingerprint density at radius 1 is 1.40 bits per heavy atom. The fourth-order valence-electron chi connectivity index (χ4n) is 4.70. The molecule has 2 aliphatic rings. The van der Waals surface area contributed by atoms with Crippen molar-refractivity contribution in [1.82, 2.24) is 34.7 Å². The van der Waals surface area contributed by atoms with Crippen LogP contribution in [-0.4, -0.2) is 101 Å². The van der Waals surface area contributed by atoms with Gasteiger partial charge in [-0.3, -0.25) is 4.79 Å². The van der Waals surface area contributed by atoms with Gasteiger partial charge in [0.25, 0.3) is 5.91 Å². The molecular formula is C25H31BrClN7O5S. The Morgan fingerprint density at radius 2 is 2.17 bits per heavy atom. The number of aromatic nitrogens is 6. The minimum absolute atomic E-state index is 0.0125. The molecule has 2 N–H and O–H groups in total. The highest BCUT2D eigenvalue weighted by molar-refractivity contribution is 9.10. The molecule has 2 fully saturated rings. The fourth-order valence-corrected chi connectivity index (χ4v) is 6.62. The zero-order valence-electron chi connectivity index (χ0n) is 22.2. The van der Waals surface area contributed by atoms with Gasteiger partial charge in [0.15, 0.2) is 11.0 Å². The predicted octanol–water partition coefficient (Wildman–Crippen LogP) is 2.96. The first-order chi connectivity index (χ1) is 19.2. The Labute approximate surface area is 249 Å². The summed E-state index contributed by atoms with van der Waals surface area (Å²) in [5.41, 5.74) is -0.427. The number of amides is 1.